The van der Waals surface area contributed by atoms with Crippen molar-refractivity contribution in [2.75, 3.05) is 12.0 Å². The van der Waals surface area contributed by atoms with E-state index in [4.69, 9.17) is 4.74 Å². The molecule has 0 amide bonds. The number of ether oxygens (including phenoxy) is 1. The Bertz CT molecular complexity index is 602. The Labute approximate surface area is 184 Å². The zero-order valence-electron chi connectivity index (χ0n) is 17.6. The number of carbonyl (C=O) groups excluding carboxylic acids is 1. The van der Waals surface area contributed by atoms with Crippen LogP contribution >= 0.6 is 15.9 Å². The van der Waals surface area contributed by atoms with Gasteiger partial charge in [0.2, 0.25) is 0 Å². The monoisotopic (exact) mass is 466 g/mol. The molecule has 1 aromatic carbocycles. The molecule has 0 aliphatic heterocycles. The number of benzene rings is 1. The molecule has 0 aromatic heterocycles. The van der Waals surface area contributed by atoms with Gasteiger partial charge in [0.1, 0.15) is 6.10 Å². The summed E-state index contributed by atoms with van der Waals surface area (Å²) in [5.74, 6) is 1.91. The molecule has 2 nitrogen and oxygen atoms in total. The second-order valence-electron chi connectivity index (χ2n) is 9.05. The van der Waals surface area contributed by atoms with Gasteiger partial charge in [-0.25, -0.2) is 4.79 Å². The van der Waals surface area contributed by atoms with E-state index in [0.717, 1.165) is 30.5 Å². The molecule has 29 heavy (non-hydrogen) atoms. The largest absolute Gasteiger partial charge is 0.459 e. The van der Waals surface area contributed by atoms with Crippen molar-refractivity contribution in [3.63, 3.8) is 0 Å². The molecule has 2 saturated carbocycles. The minimum Gasteiger partial charge on any atom is -0.459 e. The van der Waals surface area contributed by atoms with Crippen LogP contribution in [0.4, 0.5) is 4.39 Å². The molecular weight excluding hydrogens is 431 g/mol. The first kappa shape index (κ1) is 22.8. The quantitative estimate of drug-likeness (QED) is 0.276. The molecule has 2 aliphatic carbocycles. The van der Waals surface area contributed by atoms with Crippen molar-refractivity contribution in [2.45, 2.75) is 89.1 Å². The second kappa shape index (κ2) is 12.1. The van der Waals surface area contributed by atoms with Gasteiger partial charge in [-0.2, -0.15) is 0 Å². The van der Waals surface area contributed by atoms with E-state index < -0.39 is 0 Å². The molecule has 0 spiro atoms. The Hall–Kier alpha value is -0.900. The third-order valence-corrected chi connectivity index (χ3v) is 7.58. The van der Waals surface area contributed by atoms with Crippen molar-refractivity contribution < 1.29 is 13.9 Å². The van der Waals surface area contributed by atoms with E-state index in [2.05, 4.69) is 28.1 Å². The fraction of sp³-hybridized carbons (Fsp3) is 0.720. The number of hydrogen-bond donors (Lipinski definition) is 0. The Morgan fingerprint density at radius 1 is 0.897 bits per heavy atom. The highest BCUT2D eigenvalue weighted by Gasteiger charge is 2.25. The van der Waals surface area contributed by atoms with Crippen LogP contribution in [-0.2, 0) is 4.74 Å². The van der Waals surface area contributed by atoms with Crippen LogP contribution in [0.3, 0.4) is 0 Å². The highest BCUT2D eigenvalue weighted by Crippen LogP contribution is 2.37. The number of esters is 1. The van der Waals surface area contributed by atoms with Gasteiger partial charge in [-0.15, -0.1) is 0 Å². The predicted molar refractivity (Wildman–Crippen MR) is 121 cm³/mol. The molecule has 0 atom stereocenters. The molecule has 162 valence electrons. The summed E-state index contributed by atoms with van der Waals surface area (Å²) in [5.41, 5.74) is 2.00. The lowest BCUT2D eigenvalue weighted by molar-refractivity contribution is 0.0162. The van der Waals surface area contributed by atoms with Crippen LogP contribution in [-0.4, -0.2) is 24.1 Å². The van der Waals surface area contributed by atoms with Gasteiger partial charge >= 0.3 is 5.97 Å². The minimum absolute atomic E-state index is 0.0852. The standard InChI is InChI=1S/C25H36BrFO2/c26-17-1-3-19-7-15-24(16-8-19)29-25(28)23-13-11-22(12-14-23)21-9-5-20(6-10-21)4-2-18-27/h11-14,19-21,24H,1-10,15-18H2/t19?,20-,21-,24?. The summed E-state index contributed by atoms with van der Waals surface area (Å²) >= 11 is 3.51. The van der Waals surface area contributed by atoms with Crippen LogP contribution in [0.15, 0.2) is 24.3 Å². The summed E-state index contributed by atoms with van der Waals surface area (Å²) in [6.07, 6.45) is 13.5. The molecule has 1 aromatic rings. The summed E-state index contributed by atoms with van der Waals surface area (Å²) < 4.78 is 18.2. The summed E-state index contributed by atoms with van der Waals surface area (Å²) in [6.45, 7) is -0.184. The smallest absolute Gasteiger partial charge is 0.338 e. The highest BCUT2D eigenvalue weighted by molar-refractivity contribution is 9.09. The lowest BCUT2D eigenvalue weighted by Gasteiger charge is -2.29. The van der Waals surface area contributed by atoms with Gasteiger partial charge in [0.25, 0.3) is 0 Å². The molecule has 0 unspecified atom stereocenters. The van der Waals surface area contributed by atoms with E-state index in [0.29, 0.717) is 23.8 Å². The molecule has 4 heteroatoms. The van der Waals surface area contributed by atoms with Crippen molar-refractivity contribution in [2.24, 2.45) is 11.8 Å². The maximum atomic E-state index is 12.5. The van der Waals surface area contributed by atoms with Gasteiger partial charge in [0.05, 0.1) is 12.2 Å². The third-order valence-electron chi connectivity index (χ3n) is 7.02. The van der Waals surface area contributed by atoms with E-state index >= 15 is 0 Å². The van der Waals surface area contributed by atoms with Crippen molar-refractivity contribution in [3.05, 3.63) is 35.4 Å². The highest BCUT2D eigenvalue weighted by atomic mass is 79.9. The first-order valence-corrected chi connectivity index (χ1v) is 12.7. The zero-order chi connectivity index (χ0) is 20.5. The van der Waals surface area contributed by atoms with Gasteiger partial charge in [0.15, 0.2) is 0 Å². The summed E-state index contributed by atoms with van der Waals surface area (Å²) in [4.78, 5) is 12.5. The lowest BCUT2D eigenvalue weighted by Crippen LogP contribution is -2.24. The molecule has 2 fully saturated rings. The van der Waals surface area contributed by atoms with Gasteiger partial charge in [-0.05, 0) is 112 Å². The molecule has 0 saturated heterocycles. The van der Waals surface area contributed by atoms with Crippen LogP contribution in [0.5, 0.6) is 0 Å². The van der Waals surface area contributed by atoms with E-state index in [1.165, 1.54) is 56.9 Å². The Balaban J connectivity index is 1.42. The number of halogens is 2. The van der Waals surface area contributed by atoms with Crippen molar-refractivity contribution in [1.29, 1.82) is 0 Å². The average molecular weight is 467 g/mol. The van der Waals surface area contributed by atoms with Gasteiger partial charge in [0, 0.05) is 5.33 Å². The minimum atomic E-state index is -0.184. The number of hydrogen-bond acceptors (Lipinski definition) is 2. The molecule has 0 bridgehead atoms. The zero-order valence-corrected chi connectivity index (χ0v) is 19.2. The summed E-state index contributed by atoms with van der Waals surface area (Å²) in [5, 5.41) is 1.08. The summed E-state index contributed by atoms with van der Waals surface area (Å²) in [7, 11) is 0. The topological polar surface area (TPSA) is 26.3 Å². The second-order valence-corrected chi connectivity index (χ2v) is 9.84. The van der Waals surface area contributed by atoms with Crippen molar-refractivity contribution in [3.8, 4) is 0 Å². The summed E-state index contributed by atoms with van der Waals surface area (Å²) in [6, 6.07) is 8.10. The maximum Gasteiger partial charge on any atom is 0.338 e. The number of alkyl halides is 2. The molecule has 0 radical (unpaired) electrons. The number of rotatable bonds is 9. The molecule has 2 aliphatic rings. The first-order valence-electron chi connectivity index (χ1n) is 11.6. The SMILES string of the molecule is O=C(OC1CCC(CCCBr)CC1)c1ccc([C@H]2CC[C@H](CCCF)CC2)cc1. The van der Waals surface area contributed by atoms with Gasteiger partial charge in [-0.3, -0.25) is 4.39 Å². The van der Waals surface area contributed by atoms with E-state index in [9.17, 15) is 9.18 Å². The Morgan fingerprint density at radius 3 is 2.07 bits per heavy atom. The third kappa shape index (κ3) is 7.08. The van der Waals surface area contributed by atoms with Crippen LogP contribution in [0, 0.1) is 11.8 Å². The van der Waals surface area contributed by atoms with E-state index in [-0.39, 0.29) is 18.7 Å². The predicted octanol–water partition coefficient (Wildman–Crippen LogP) is 7.60. The normalized spacial score (nSPS) is 27.5. The van der Waals surface area contributed by atoms with Crippen LogP contribution in [0.2, 0.25) is 0 Å². The van der Waals surface area contributed by atoms with E-state index in [1.54, 1.807) is 0 Å². The van der Waals surface area contributed by atoms with Crippen LogP contribution in [0.1, 0.15) is 98.9 Å². The lowest BCUT2D eigenvalue weighted by atomic mass is 9.77. The molecule has 0 N–H and O–H groups in total. The van der Waals surface area contributed by atoms with E-state index in [1.807, 2.05) is 12.1 Å². The maximum absolute atomic E-state index is 12.5. The molecule has 3 rings (SSSR count). The Morgan fingerprint density at radius 2 is 1.48 bits per heavy atom. The average Bonchev–Trinajstić information content (AvgIpc) is 2.77. The van der Waals surface area contributed by atoms with Crippen molar-refractivity contribution >= 4 is 21.9 Å². The number of carbonyl (C=O) groups is 1. The Kier molecular flexibility index (Phi) is 9.48. The van der Waals surface area contributed by atoms with Gasteiger partial charge < -0.3 is 4.74 Å². The molecule has 0 heterocycles. The fourth-order valence-electron chi connectivity index (χ4n) is 5.17. The van der Waals surface area contributed by atoms with Crippen molar-refractivity contribution in [1.82, 2.24) is 0 Å². The molecular formula is C25H36BrFO2. The van der Waals surface area contributed by atoms with Crippen LogP contribution in [0.25, 0.3) is 0 Å². The van der Waals surface area contributed by atoms with Crippen LogP contribution < -0.4 is 0 Å². The fourth-order valence-corrected chi connectivity index (χ4v) is 5.49. The van der Waals surface area contributed by atoms with Gasteiger partial charge in [-0.1, -0.05) is 28.1 Å². The first-order chi connectivity index (χ1) is 14.2.